The molecule has 0 aromatic rings. The summed E-state index contributed by atoms with van der Waals surface area (Å²) < 4.78 is 0. The number of nitrogens with zero attached hydrogens (tertiary/aromatic N) is 2. The third-order valence-electron chi connectivity index (χ3n) is 5.58. The zero-order valence-electron chi connectivity index (χ0n) is 11.5. The summed E-state index contributed by atoms with van der Waals surface area (Å²) in [5, 5.41) is 20.4. The van der Waals surface area contributed by atoms with Crippen LogP contribution in [0.5, 0.6) is 0 Å². The van der Waals surface area contributed by atoms with Crippen LogP contribution in [0.3, 0.4) is 0 Å². The van der Waals surface area contributed by atoms with Gasteiger partial charge in [0.15, 0.2) is 5.91 Å². The van der Waals surface area contributed by atoms with Crippen LogP contribution in [-0.4, -0.2) is 34.9 Å². The Morgan fingerprint density at radius 2 is 2.00 bits per heavy atom. The average molecular weight is 433 g/mol. The summed E-state index contributed by atoms with van der Waals surface area (Å²) in [5.74, 6) is 1.18. The average Bonchev–Trinajstić information content (AvgIpc) is 2.38. The Kier molecular flexibility index (Phi) is 4.23. The summed E-state index contributed by atoms with van der Waals surface area (Å²) in [5.41, 5.74) is 0. The van der Waals surface area contributed by atoms with Crippen LogP contribution in [0.1, 0.15) is 32.6 Å². The van der Waals surface area contributed by atoms with E-state index >= 15 is 0 Å². The number of carbonyl (C=O) groups is 1. The molecule has 2 saturated carbocycles. The van der Waals surface area contributed by atoms with Gasteiger partial charge in [0.2, 0.25) is 0 Å². The van der Waals surface area contributed by atoms with Gasteiger partial charge >= 0.3 is 0 Å². The summed E-state index contributed by atoms with van der Waals surface area (Å²) in [6, 6.07) is 0. The molecule has 0 bridgehead atoms. The van der Waals surface area contributed by atoms with Crippen molar-refractivity contribution in [3.63, 3.8) is 0 Å². The molecule has 1 saturated heterocycles. The fourth-order valence-electron chi connectivity index (χ4n) is 4.54. The molecule has 1 aliphatic heterocycles. The van der Waals surface area contributed by atoms with E-state index in [2.05, 4.69) is 6.92 Å². The zero-order valence-corrected chi connectivity index (χ0v) is 14.4. The van der Waals surface area contributed by atoms with Crippen LogP contribution in [0.15, 0.2) is 0 Å². The smallest absolute Gasteiger partial charge is 0.150 e. The maximum Gasteiger partial charge on any atom is 0.150 e. The SMILES string of the molecule is CC1C(O)CC2C(=[N-])N(C)C(=O)C3CCCC1C23.[W]. The van der Waals surface area contributed by atoms with Gasteiger partial charge in [0.05, 0.1) is 6.10 Å². The van der Waals surface area contributed by atoms with Gasteiger partial charge in [-0.25, -0.2) is 0 Å². The van der Waals surface area contributed by atoms with Gasteiger partial charge in [0.25, 0.3) is 0 Å². The normalized spacial score (nSPS) is 45.5. The van der Waals surface area contributed by atoms with E-state index in [1.165, 1.54) is 4.90 Å². The van der Waals surface area contributed by atoms with Crippen molar-refractivity contribution in [3.05, 3.63) is 5.41 Å². The van der Waals surface area contributed by atoms with Crippen molar-refractivity contribution in [2.24, 2.45) is 29.6 Å². The minimum Gasteiger partial charge on any atom is -0.468 e. The summed E-state index contributed by atoms with van der Waals surface area (Å²) in [6.45, 7) is 2.09. The number of aliphatic hydroxyl groups excluding tert-OH is 1. The van der Waals surface area contributed by atoms with Gasteiger partial charge in [-0.2, -0.15) is 0 Å². The van der Waals surface area contributed by atoms with Crippen LogP contribution in [0.4, 0.5) is 0 Å². The summed E-state index contributed by atoms with van der Waals surface area (Å²) in [4.78, 5) is 13.7. The molecule has 0 radical (unpaired) electrons. The Labute approximate surface area is 128 Å². The second kappa shape index (κ2) is 5.29. The molecule has 106 valence electrons. The van der Waals surface area contributed by atoms with E-state index in [0.717, 1.165) is 19.3 Å². The van der Waals surface area contributed by atoms with E-state index < -0.39 is 0 Å². The molecular weight excluding hydrogens is 412 g/mol. The fraction of sp³-hybridized carbons (Fsp3) is 0.857. The number of hydrogen-bond acceptors (Lipinski definition) is 2. The Hall–Kier alpha value is -0.212. The van der Waals surface area contributed by atoms with Crippen LogP contribution < -0.4 is 0 Å². The molecule has 3 aliphatic rings. The maximum atomic E-state index is 12.3. The van der Waals surface area contributed by atoms with Crippen molar-refractivity contribution in [3.8, 4) is 0 Å². The fourth-order valence-corrected chi connectivity index (χ4v) is 4.54. The van der Waals surface area contributed by atoms with Gasteiger partial charge in [-0.15, -0.1) is 0 Å². The molecule has 6 unspecified atom stereocenters. The first-order chi connectivity index (χ1) is 8.52. The van der Waals surface area contributed by atoms with Crippen molar-refractivity contribution in [1.29, 1.82) is 0 Å². The molecule has 4 nitrogen and oxygen atoms in total. The van der Waals surface area contributed by atoms with Crippen molar-refractivity contribution in [2.75, 3.05) is 7.05 Å². The molecule has 6 atom stereocenters. The molecule has 0 aromatic heterocycles. The third kappa shape index (κ3) is 2.11. The third-order valence-corrected chi connectivity index (χ3v) is 5.58. The van der Waals surface area contributed by atoms with Crippen molar-refractivity contribution >= 4 is 11.7 Å². The van der Waals surface area contributed by atoms with E-state index in [-0.39, 0.29) is 62.6 Å². The quantitative estimate of drug-likeness (QED) is 0.630. The van der Waals surface area contributed by atoms with Crippen LogP contribution >= 0.6 is 0 Å². The maximum absolute atomic E-state index is 12.3. The number of amides is 1. The Morgan fingerprint density at radius 3 is 2.68 bits per heavy atom. The number of hydrogen-bond donors (Lipinski definition) is 1. The van der Waals surface area contributed by atoms with Crippen LogP contribution in [-0.2, 0) is 25.9 Å². The Bertz CT molecular complexity index is 401. The zero-order chi connectivity index (χ0) is 13.0. The topological polar surface area (TPSA) is 62.8 Å². The second-order valence-corrected chi connectivity index (χ2v) is 6.30. The van der Waals surface area contributed by atoms with E-state index in [9.17, 15) is 15.3 Å². The molecular formula is C14H21N2O2W-. The van der Waals surface area contributed by atoms with Gasteiger partial charge in [-0.05, 0) is 42.9 Å². The number of piperidine rings is 1. The predicted molar refractivity (Wildman–Crippen MR) is 68.7 cm³/mol. The first kappa shape index (κ1) is 15.2. The summed E-state index contributed by atoms with van der Waals surface area (Å²) in [6.07, 6.45) is 3.34. The Balaban J connectivity index is 0.00000133. The van der Waals surface area contributed by atoms with E-state index in [1.54, 1.807) is 7.05 Å². The molecule has 19 heavy (non-hydrogen) atoms. The molecule has 1 heterocycles. The van der Waals surface area contributed by atoms with E-state index in [0.29, 0.717) is 12.3 Å². The van der Waals surface area contributed by atoms with E-state index in [4.69, 9.17) is 0 Å². The van der Waals surface area contributed by atoms with Crippen LogP contribution in [0.25, 0.3) is 5.41 Å². The minimum atomic E-state index is -0.348. The molecule has 2 aliphatic carbocycles. The molecule has 1 amide bonds. The van der Waals surface area contributed by atoms with Crippen molar-refractivity contribution < 1.29 is 31.0 Å². The molecule has 0 spiro atoms. The molecule has 5 heteroatoms. The number of amidine groups is 1. The van der Waals surface area contributed by atoms with Crippen LogP contribution in [0.2, 0.25) is 0 Å². The molecule has 0 aromatic carbocycles. The first-order valence-electron chi connectivity index (χ1n) is 7.03. The minimum absolute atomic E-state index is 0. The molecule has 1 N–H and O–H groups in total. The second-order valence-electron chi connectivity index (χ2n) is 6.30. The summed E-state index contributed by atoms with van der Waals surface area (Å²) >= 11 is 0. The first-order valence-corrected chi connectivity index (χ1v) is 7.03. The van der Waals surface area contributed by atoms with Gasteiger partial charge in [-0.1, -0.05) is 26.2 Å². The van der Waals surface area contributed by atoms with Gasteiger partial charge in [0, 0.05) is 27.0 Å². The number of likely N-dealkylation sites (tertiary alicyclic amines) is 1. The number of rotatable bonds is 0. The van der Waals surface area contributed by atoms with E-state index in [1.807, 2.05) is 0 Å². The monoisotopic (exact) mass is 433 g/mol. The molecule has 3 fully saturated rings. The number of carbonyl (C=O) groups excluding carboxylic acids is 1. The van der Waals surface area contributed by atoms with Gasteiger partial charge < -0.3 is 15.4 Å². The molecule has 3 rings (SSSR count). The van der Waals surface area contributed by atoms with Crippen LogP contribution in [0, 0.1) is 29.6 Å². The van der Waals surface area contributed by atoms with Gasteiger partial charge in [0.1, 0.15) is 0 Å². The standard InChI is InChI=1S/C14H21N2O2.W/c1-7-8-4-3-5-9-12(8)10(6-11(7)17)13(15)16(2)14(9)18;/h7-12,17H,3-6H2,1-2H3;/q-1;. The number of aliphatic hydroxyl groups is 1. The van der Waals surface area contributed by atoms with Crippen molar-refractivity contribution in [1.82, 2.24) is 4.90 Å². The van der Waals surface area contributed by atoms with Gasteiger partial charge in [-0.3, -0.25) is 4.79 Å². The van der Waals surface area contributed by atoms with Crippen molar-refractivity contribution in [2.45, 2.75) is 38.7 Å². The largest absolute Gasteiger partial charge is 0.468 e. The predicted octanol–water partition coefficient (Wildman–Crippen LogP) is 1.47. The Morgan fingerprint density at radius 1 is 1.32 bits per heavy atom. The summed E-state index contributed by atoms with van der Waals surface area (Å²) in [7, 11) is 1.65.